The lowest BCUT2D eigenvalue weighted by atomic mass is 10.2. The van der Waals surface area contributed by atoms with Crippen LogP contribution in [0.15, 0.2) is 18.2 Å². The normalized spacial score (nSPS) is 12.4. The van der Waals surface area contributed by atoms with Crippen LogP contribution in [0.3, 0.4) is 0 Å². The number of benzene rings is 1. The van der Waals surface area contributed by atoms with Crippen LogP contribution in [0.5, 0.6) is 0 Å². The molecule has 1 rings (SSSR count). The Morgan fingerprint density at radius 3 is 2.88 bits per heavy atom. The van der Waals surface area contributed by atoms with Gasteiger partial charge in [-0.1, -0.05) is 24.6 Å². The predicted octanol–water partition coefficient (Wildman–Crippen LogP) is 3.58. The average molecular weight is 263 g/mol. The summed E-state index contributed by atoms with van der Waals surface area (Å²) in [4.78, 5) is 10.4. The van der Waals surface area contributed by atoms with Crippen LogP contribution in [0.2, 0.25) is 5.02 Å². The van der Waals surface area contributed by atoms with E-state index in [-0.39, 0.29) is 17.5 Å². The van der Waals surface area contributed by atoms with E-state index in [1.807, 2.05) is 0 Å². The first-order valence-electron chi connectivity index (χ1n) is 4.77. The van der Waals surface area contributed by atoms with E-state index in [1.165, 1.54) is 17.8 Å². The fourth-order valence-corrected chi connectivity index (χ4v) is 2.51. The standard InChI is InChI=1S/C11H12ClFO2S/c1-7(5-11(14)15)16-6-8-9(12)3-2-4-10(8)13/h2-4,7H,5-6H2,1H3,(H,14,15). The molecule has 88 valence electrons. The summed E-state index contributed by atoms with van der Waals surface area (Å²) in [6.45, 7) is 1.80. The SMILES string of the molecule is CC(CC(=O)O)SCc1c(F)cccc1Cl. The van der Waals surface area contributed by atoms with Gasteiger partial charge in [0.1, 0.15) is 5.82 Å². The molecule has 0 saturated carbocycles. The summed E-state index contributed by atoms with van der Waals surface area (Å²) in [5.74, 6) is -0.804. The van der Waals surface area contributed by atoms with Crippen LogP contribution in [0.4, 0.5) is 4.39 Å². The van der Waals surface area contributed by atoms with Crippen LogP contribution < -0.4 is 0 Å². The van der Waals surface area contributed by atoms with Crippen molar-refractivity contribution < 1.29 is 14.3 Å². The van der Waals surface area contributed by atoms with E-state index in [4.69, 9.17) is 16.7 Å². The molecule has 1 unspecified atom stereocenters. The largest absolute Gasteiger partial charge is 0.481 e. The van der Waals surface area contributed by atoms with Crippen LogP contribution in [0.1, 0.15) is 18.9 Å². The number of thioether (sulfide) groups is 1. The average Bonchev–Trinajstić information content (AvgIpc) is 2.15. The fourth-order valence-electron chi connectivity index (χ4n) is 1.20. The van der Waals surface area contributed by atoms with E-state index in [0.29, 0.717) is 16.3 Å². The van der Waals surface area contributed by atoms with Crippen molar-refractivity contribution in [3.05, 3.63) is 34.6 Å². The Hall–Kier alpha value is -0.740. The van der Waals surface area contributed by atoms with Gasteiger partial charge in [0.15, 0.2) is 0 Å². The number of hydrogen-bond donors (Lipinski definition) is 1. The van der Waals surface area contributed by atoms with E-state index in [2.05, 4.69) is 0 Å². The van der Waals surface area contributed by atoms with Gasteiger partial charge >= 0.3 is 5.97 Å². The molecule has 0 aliphatic carbocycles. The molecule has 1 aromatic carbocycles. The Morgan fingerprint density at radius 1 is 1.62 bits per heavy atom. The molecule has 5 heteroatoms. The van der Waals surface area contributed by atoms with Gasteiger partial charge in [-0.2, -0.15) is 11.8 Å². The molecule has 1 aromatic rings. The van der Waals surface area contributed by atoms with Crippen molar-refractivity contribution in [3.63, 3.8) is 0 Å². The third-order valence-corrected chi connectivity index (χ3v) is 3.58. The summed E-state index contributed by atoms with van der Waals surface area (Å²) in [6.07, 6.45) is 0.0662. The zero-order valence-electron chi connectivity index (χ0n) is 8.74. The number of halogens is 2. The molecule has 0 radical (unpaired) electrons. The van der Waals surface area contributed by atoms with Crippen LogP contribution in [0.25, 0.3) is 0 Å². The molecular weight excluding hydrogens is 251 g/mol. The highest BCUT2D eigenvalue weighted by molar-refractivity contribution is 7.99. The lowest BCUT2D eigenvalue weighted by Crippen LogP contribution is -2.06. The smallest absolute Gasteiger partial charge is 0.304 e. The maximum Gasteiger partial charge on any atom is 0.304 e. The summed E-state index contributed by atoms with van der Waals surface area (Å²) < 4.78 is 13.3. The zero-order valence-corrected chi connectivity index (χ0v) is 10.3. The first-order chi connectivity index (χ1) is 7.50. The minimum atomic E-state index is -0.848. The van der Waals surface area contributed by atoms with Gasteiger partial charge in [0.2, 0.25) is 0 Å². The second-order valence-corrected chi connectivity index (χ2v) is 5.25. The Kier molecular flexibility index (Phi) is 5.09. The van der Waals surface area contributed by atoms with Crippen LogP contribution in [0, 0.1) is 5.82 Å². The van der Waals surface area contributed by atoms with Crippen molar-refractivity contribution in [3.8, 4) is 0 Å². The number of rotatable bonds is 5. The number of aliphatic carboxylic acids is 1. The summed E-state index contributed by atoms with van der Waals surface area (Å²) in [7, 11) is 0. The molecule has 0 bridgehead atoms. The lowest BCUT2D eigenvalue weighted by molar-refractivity contribution is -0.136. The van der Waals surface area contributed by atoms with E-state index in [9.17, 15) is 9.18 Å². The molecule has 0 fully saturated rings. The molecule has 0 saturated heterocycles. The minimum Gasteiger partial charge on any atom is -0.481 e. The number of carbonyl (C=O) groups is 1. The Labute approximate surface area is 103 Å². The molecule has 0 amide bonds. The second-order valence-electron chi connectivity index (χ2n) is 3.42. The summed E-state index contributed by atoms with van der Waals surface area (Å²) in [6, 6.07) is 4.53. The van der Waals surface area contributed by atoms with E-state index < -0.39 is 5.97 Å². The van der Waals surface area contributed by atoms with Crippen molar-refractivity contribution in [1.29, 1.82) is 0 Å². The summed E-state index contributed by atoms with van der Waals surface area (Å²) >= 11 is 7.23. The molecule has 0 aliphatic rings. The van der Waals surface area contributed by atoms with Crippen molar-refractivity contribution >= 4 is 29.3 Å². The molecule has 0 aliphatic heterocycles. The molecule has 0 aromatic heterocycles. The molecule has 1 atom stereocenters. The lowest BCUT2D eigenvalue weighted by Gasteiger charge is -2.10. The van der Waals surface area contributed by atoms with Gasteiger partial charge in [-0.05, 0) is 12.1 Å². The highest BCUT2D eigenvalue weighted by Gasteiger charge is 2.11. The van der Waals surface area contributed by atoms with Crippen LogP contribution >= 0.6 is 23.4 Å². The topological polar surface area (TPSA) is 37.3 Å². The first-order valence-corrected chi connectivity index (χ1v) is 6.19. The number of carboxylic acids is 1. The highest BCUT2D eigenvalue weighted by atomic mass is 35.5. The van der Waals surface area contributed by atoms with Gasteiger partial charge in [0, 0.05) is 21.6 Å². The van der Waals surface area contributed by atoms with Crippen molar-refractivity contribution in [1.82, 2.24) is 0 Å². The third kappa shape index (κ3) is 4.02. The quantitative estimate of drug-likeness (QED) is 0.881. The predicted molar refractivity (Wildman–Crippen MR) is 64.4 cm³/mol. The Balaban J connectivity index is 2.57. The second kappa shape index (κ2) is 6.11. The fraction of sp³-hybridized carbons (Fsp3) is 0.364. The maximum absolute atomic E-state index is 13.3. The van der Waals surface area contributed by atoms with Crippen molar-refractivity contribution in [2.75, 3.05) is 0 Å². The summed E-state index contributed by atoms with van der Waals surface area (Å²) in [5, 5.41) is 8.90. The molecule has 2 nitrogen and oxygen atoms in total. The van der Waals surface area contributed by atoms with Gasteiger partial charge in [0.25, 0.3) is 0 Å². The summed E-state index contributed by atoms with van der Waals surface area (Å²) in [5.41, 5.74) is 0.436. The Morgan fingerprint density at radius 2 is 2.31 bits per heavy atom. The number of carboxylic acid groups (broad SMARTS) is 1. The van der Waals surface area contributed by atoms with Crippen LogP contribution in [-0.2, 0) is 10.5 Å². The van der Waals surface area contributed by atoms with Gasteiger partial charge in [-0.15, -0.1) is 0 Å². The van der Waals surface area contributed by atoms with Crippen LogP contribution in [-0.4, -0.2) is 16.3 Å². The Bertz CT molecular complexity index is 364. The molecule has 16 heavy (non-hydrogen) atoms. The molecule has 1 N–H and O–H groups in total. The third-order valence-electron chi connectivity index (χ3n) is 2.04. The monoisotopic (exact) mass is 262 g/mol. The van der Waals surface area contributed by atoms with Gasteiger partial charge < -0.3 is 5.11 Å². The highest BCUT2D eigenvalue weighted by Crippen LogP contribution is 2.26. The van der Waals surface area contributed by atoms with Crippen molar-refractivity contribution in [2.45, 2.75) is 24.3 Å². The van der Waals surface area contributed by atoms with E-state index in [0.717, 1.165) is 0 Å². The zero-order chi connectivity index (χ0) is 12.1. The van der Waals surface area contributed by atoms with Gasteiger partial charge in [-0.25, -0.2) is 4.39 Å². The van der Waals surface area contributed by atoms with Gasteiger partial charge in [0.05, 0.1) is 6.42 Å². The van der Waals surface area contributed by atoms with E-state index >= 15 is 0 Å². The molecule has 0 heterocycles. The minimum absolute atomic E-state index is 0.0619. The van der Waals surface area contributed by atoms with E-state index in [1.54, 1.807) is 19.1 Å². The molecular formula is C11H12ClFO2S. The number of hydrogen-bond acceptors (Lipinski definition) is 2. The maximum atomic E-state index is 13.3. The molecule has 0 spiro atoms. The van der Waals surface area contributed by atoms with Crippen molar-refractivity contribution in [2.24, 2.45) is 0 Å². The first kappa shape index (κ1) is 13.3. The van der Waals surface area contributed by atoms with Gasteiger partial charge in [-0.3, -0.25) is 4.79 Å².